The van der Waals surface area contributed by atoms with Gasteiger partial charge < -0.3 is 9.64 Å². The van der Waals surface area contributed by atoms with Gasteiger partial charge in [0.15, 0.2) is 0 Å². The molecule has 0 aromatic rings. The van der Waals surface area contributed by atoms with Crippen LogP contribution in [0.4, 0.5) is 0 Å². The van der Waals surface area contributed by atoms with Crippen molar-refractivity contribution < 1.29 is 4.74 Å². The van der Waals surface area contributed by atoms with Crippen molar-refractivity contribution >= 4 is 17.7 Å². The lowest BCUT2D eigenvalue weighted by Gasteiger charge is -2.34. The number of methoxy groups -OCH3 is 1. The molecule has 3 N–H and O–H groups in total. The van der Waals surface area contributed by atoms with Gasteiger partial charge >= 0.3 is 0 Å². The Bertz CT molecular complexity index is 250. The van der Waals surface area contributed by atoms with Gasteiger partial charge in [-0.25, -0.2) is 10.8 Å². The number of ether oxygens (including phenoxy) is 1. The van der Waals surface area contributed by atoms with E-state index in [4.69, 9.17) is 10.6 Å². The fourth-order valence-corrected chi connectivity index (χ4v) is 3.04. The second-order valence-corrected chi connectivity index (χ2v) is 5.66. The molecule has 1 aliphatic heterocycles. The molecule has 0 aliphatic carbocycles. The first-order valence-corrected chi connectivity index (χ1v) is 7.16. The Hall–Kier alpha value is -0.460. The van der Waals surface area contributed by atoms with Crippen LogP contribution in [0.1, 0.15) is 20.3 Å². The molecule has 2 atom stereocenters. The summed E-state index contributed by atoms with van der Waals surface area (Å²) < 4.78 is 5.08. The molecular weight excluding hydrogens is 236 g/mol. The van der Waals surface area contributed by atoms with Crippen molar-refractivity contribution in [2.75, 3.05) is 32.6 Å². The Labute approximate surface area is 108 Å². The van der Waals surface area contributed by atoms with Crippen molar-refractivity contribution in [1.29, 1.82) is 0 Å². The van der Waals surface area contributed by atoms with E-state index >= 15 is 0 Å². The van der Waals surface area contributed by atoms with Crippen LogP contribution in [0.2, 0.25) is 0 Å². The molecule has 100 valence electrons. The fourth-order valence-electron chi connectivity index (χ4n) is 1.86. The fraction of sp³-hybridized carbons (Fsp3) is 0.909. The van der Waals surface area contributed by atoms with E-state index in [1.54, 1.807) is 7.11 Å². The SMILES string of the molecule is CCC1CN(C(=NC(C)COC)NN)CCS1. The van der Waals surface area contributed by atoms with E-state index in [1.807, 2.05) is 18.7 Å². The molecule has 2 unspecified atom stereocenters. The maximum atomic E-state index is 5.56. The molecule has 1 aliphatic rings. The number of guanidine groups is 1. The molecule has 5 nitrogen and oxygen atoms in total. The normalized spacial score (nSPS) is 23.6. The van der Waals surface area contributed by atoms with Crippen LogP contribution in [-0.2, 0) is 4.74 Å². The van der Waals surface area contributed by atoms with Gasteiger partial charge in [-0.05, 0) is 13.3 Å². The van der Waals surface area contributed by atoms with Crippen LogP contribution in [0.5, 0.6) is 0 Å². The summed E-state index contributed by atoms with van der Waals surface area (Å²) >= 11 is 2.03. The van der Waals surface area contributed by atoms with E-state index < -0.39 is 0 Å². The Morgan fingerprint density at radius 3 is 3.06 bits per heavy atom. The van der Waals surface area contributed by atoms with Gasteiger partial charge in [-0.2, -0.15) is 11.8 Å². The molecule has 0 saturated carbocycles. The quantitative estimate of drug-likeness (QED) is 0.337. The topological polar surface area (TPSA) is 62.9 Å². The summed E-state index contributed by atoms with van der Waals surface area (Å²) in [5.41, 5.74) is 2.72. The summed E-state index contributed by atoms with van der Waals surface area (Å²) in [5, 5.41) is 0.681. The van der Waals surface area contributed by atoms with Crippen LogP contribution in [0.3, 0.4) is 0 Å². The number of nitrogens with two attached hydrogens (primary N) is 1. The van der Waals surface area contributed by atoms with E-state index in [0.29, 0.717) is 11.9 Å². The van der Waals surface area contributed by atoms with Gasteiger partial charge in [-0.1, -0.05) is 6.92 Å². The molecule has 1 fully saturated rings. The molecule has 17 heavy (non-hydrogen) atoms. The third-order valence-corrected chi connectivity index (χ3v) is 4.15. The summed E-state index contributed by atoms with van der Waals surface area (Å²) in [4.78, 5) is 6.78. The molecule has 1 heterocycles. The van der Waals surface area contributed by atoms with Crippen LogP contribution in [-0.4, -0.2) is 54.7 Å². The number of nitrogens with zero attached hydrogens (tertiary/aromatic N) is 2. The molecule has 6 heteroatoms. The standard InChI is InChI=1S/C11H24N4OS/c1-4-10-7-15(5-6-17-10)11(14-12)13-9(2)8-16-3/h9-10H,4-8,12H2,1-3H3,(H,13,14). The number of hydrogen-bond acceptors (Lipinski definition) is 4. The largest absolute Gasteiger partial charge is 0.382 e. The molecule has 0 bridgehead atoms. The molecular formula is C11H24N4OS. The maximum Gasteiger partial charge on any atom is 0.208 e. The van der Waals surface area contributed by atoms with Gasteiger partial charge in [0, 0.05) is 31.2 Å². The van der Waals surface area contributed by atoms with E-state index in [0.717, 1.165) is 24.8 Å². The first kappa shape index (κ1) is 14.6. The number of hydrogen-bond donors (Lipinski definition) is 2. The van der Waals surface area contributed by atoms with E-state index in [2.05, 4.69) is 22.2 Å². The minimum absolute atomic E-state index is 0.126. The summed E-state index contributed by atoms with van der Waals surface area (Å²) in [6.07, 6.45) is 1.19. The maximum absolute atomic E-state index is 5.56. The van der Waals surface area contributed by atoms with Crippen molar-refractivity contribution in [3.63, 3.8) is 0 Å². The van der Waals surface area contributed by atoms with Gasteiger partial charge in [0.1, 0.15) is 0 Å². The van der Waals surface area contributed by atoms with Gasteiger partial charge in [-0.3, -0.25) is 5.43 Å². The summed E-state index contributed by atoms with van der Waals surface area (Å²) in [6.45, 7) is 6.89. The smallest absolute Gasteiger partial charge is 0.208 e. The van der Waals surface area contributed by atoms with E-state index in [9.17, 15) is 0 Å². The zero-order chi connectivity index (χ0) is 12.7. The molecule has 0 aromatic heterocycles. The minimum Gasteiger partial charge on any atom is -0.382 e. The number of aliphatic imine (C=N–C) groups is 1. The average Bonchev–Trinajstić information content (AvgIpc) is 2.36. The van der Waals surface area contributed by atoms with Crippen molar-refractivity contribution in [3.05, 3.63) is 0 Å². The number of hydrazine groups is 1. The van der Waals surface area contributed by atoms with Crippen LogP contribution in [0, 0.1) is 0 Å². The van der Waals surface area contributed by atoms with Crippen molar-refractivity contribution in [2.45, 2.75) is 31.6 Å². The van der Waals surface area contributed by atoms with E-state index in [1.165, 1.54) is 6.42 Å². The predicted molar refractivity (Wildman–Crippen MR) is 74.2 cm³/mol. The number of thioether (sulfide) groups is 1. The van der Waals surface area contributed by atoms with Crippen molar-refractivity contribution in [1.82, 2.24) is 10.3 Å². The molecule has 0 amide bonds. The summed E-state index contributed by atoms with van der Waals surface area (Å²) in [5.74, 6) is 7.49. The monoisotopic (exact) mass is 260 g/mol. The first-order valence-electron chi connectivity index (χ1n) is 6.11. The highest BCUT2D eigenvalue weighted by Gasteiger charge is 2.21. The molecule has 0 spiro atoms. The van der Waals surface area contributed by atoms with Crippen molar-refractivity contribution in [2.24, 2.45) is 10.8 Å². The molecule has 1 saturated heterocycles. The number of nitrogens with one attached hydrogen (secondary N) is 1. The first-order chi connectivity index (χ1) is 8.21. The van der Waals surface area contributed by atoms with Gasteiger partial charge in [0.05, 0.1) is 12.6 Å². The third-order valence-electron chi connectivity index (χ3n) is 2.77. The lowest BCUT2D eigenvalue weighted by molar-refractivity contribution is 0.185. The highest BCUT2D eigenvalue weighted by Crippen LogP contribution is 2.21. The lowest BCUT2D eigenvalue weighted by atomic mass is 10.3. The average molecular weight is 260 g/mol. The second kappa shape index (κ2) is 7.79. The zero-order valence-corrected chi connectivity index (χ0v) is 11.8. The van der Waals surface area contributed by atoms with Crippen LogP contribution in [0.15, 0.2) is 4.99 Å². The van der Waals surface area contributed by atoms with Crippen LogP contribution in [0.25, 0.3) is 0 Å². The Morgan fingerprint density at radius 1 is 1.71 bits per heavy atom. The van der Waals surface area contributed by atoms with Crippen LogP contribution >= 0.6 is 11.8 Å². The Balaban J connectivity index is 2.59. The highest BCUT2D eigenvalue weighted by molar-refractivity contribution is 8.00. The summed E-state index contributed by atoms with van der Waals surface area (Å²) in [6, 6.07) is 0.126. The van der Waals surface area contributed by atoms with Gasteiger partial charge in [0.25, 0.3) is 0 Å². The van der Waals surface area contributed by atoms with E-state index in [-0.39, 0.29) is 6.04 Å². The summed E-state index contributed by atoms with van der Waals surface area (Å²) in [7, 11) is 1.69. The lowest BCUT2D eigenvalue weighted by Crippen LogP contribution is -2.50. The molecule has 0 radical (unpaired) electrons. The molecule has 0 aromatic carbocycles. The van der Waals surface area contributed by atoms with Gasteiger partial charge in [-0.15, -0.1) is 0 Å². The Kier molecular flexibility index (Phi) is 6.69. The van der Waals surface area contributed by atoms with Gasteiger partial charge in [0.2, 0.25) is 5.96 Å². The second-order valence-electron chi connectivity index (χ2n) is 4.25. The molecule has 1 rings (SSSR count). The minimum atomic E-state index is 0.126. The Morgan fingerprint density at radius 2 is 2.47 bits per heavy atom. The highest BCUT2D eigenvalue weighted by atomic mass is 32.2. The van der Waals surface area contributed by atoms with Crippen LogP contribution < -0.4 is 11.3 Å². The predicted octanol–water partition coefficient (Wildman–Crippen LogP) is 0.668. The zero-order valence-electron chi connectivity index (χ0n) is 11.0. The van der Waals surface area contributed by atoms with Crippen molar-refractivity contribution in [3.8, 4) is 0 Å². The third kappa shape index (κ3) is 4.73. The number of rotatable bonds is 4.